The fourth-order valence-corrected chi connectivity index (χ4v) is 2.00. The van der Waals surface area contributed by atoms with E-state index >= 15 is 0 Å². The van der Waals surface area contributed by atoms with E-state index in [1.807, 2.05) is 42.0 Å². The molecule has 0 aliphatic rings. The molecule has 0 atom stereocenters. The van der Waals surface area contributed by atoms with Gasteiger partial charge in [-0.3, -0.25) is 4.57 Å². The Labute approximate surface area is 106 Å². The molecule has 0 saturated heterocycles. The van der Waals surface area contributed by atoms with Crippen LogP contribution in [0.1, 0.15) is 19.0 Å². The van der Waals surface area contributed by atoms with Crippen LogP contribution in [-0.4, -0.2) is 16.2 Å². The Hall–Kier alpha value is -1.55. The molecular weight excluding hydrogens is 232 g/mol. The predicted octanol–water partition coefficient (Wildman–Crippen LogP) is 3.63. The molecule has 17 heavy (non-hydrogen) atoms. The highest BCUT2D eigenvalue weighted by Gasteiger charge is 2.02. The third kappa shape index (κ3) is 2.58. The number of aromatic nitrogens is 2. The Morgan fingerprint density at radius 3 is 2.53 bits per heavy atom. The normalized spacial score (nSPS) is 10.5. The lowest BCUT2D eigenvalue weighted by atomic mass is 10.3. The Balaban J connectivity index is 2.27. The summed E-state index contributed by atoms with van der Waals surface area (Å²) in [5.74, 6) is 0.898. The van der Waals surface area contributed by atoms with Crippen LogP contribution in [-0.2, 0) is 0 Å². The van der Waals surface area contributed by atoms with Crippen molar-refractivity contribution in [2.45, 2.75) is 20.3 Å². The van der Waals surface area contributed by atoms with Crippen molar-refractivity contribution in [2.24, 2.45) is 0 Å². The van der Waals surface area contributed by atoms with Crippen molar-refractivity contribution in [1.29, 1.82) is 0 Å². The monoisotopic (exact) mass is 248 g/mol. The van der Waals surface area contributed by atoms with E-state index in [0.29, 0.717) is 4.77 Å². The third-order valence-corrected chi connectivity index (χ3v) is 2.83. The number of benzene rings is 1. The summed E-state index contributed by atoms with van der Waals surface area (Å²) in [6, 6.07) is 7.97. The fraction of sp³-hybridized carbons (Fsp3) is 0.308. The molecule has 3 nitrogen and oxygen atoms in total. The molecule has 1 aromatic heterocycles. The second-order valence-corrected chi connectivity index (χ2v) is 4.30. The summed E-state index contributed by atoms with van der Waals surface area (Å²) in [6.45, 7) is 4.87. The van der Waals surface area contributed by atoms with E-state index in [9.17, 15) is 0 Å². The lowest BCUT2D eigenvalue weighted by molar-refractivity contribution is 0.317. The van der Waals surface area contributed by atoms with Crippen molar-refractivity contribution in [1.82, 2.24) is 9.55 Å². The van der Waals surface area contributed by atoms with Crippen molar-refractivity contribution in [3.05, 3.63) is 40.9 Å². The van der Waals surface area contributed by atoms with Crippen LogP contribution in [0.15, 0.2) is 30.5 Å². The van der Waals surface area contributed by atoms with E-state index in [4.69, 9.17) is 17.0 Å². The summed E-state index contributed by atoms with van der Waals surface area (Å²) < 4.78 is 8.26. The van der Waals surface area contributed by atoms with Gasteiger partial charge < -0.3 is 9.72 Å². The Morgan fingerprint density at radius 2 is 2.00 bits per heavy atom. The molecule has 1 N–H and O–H groups in total. The van der Waals surface area contributed by atoms with Crippen LogP contribution in [0.3, 0.4) is 0 Å². The number of aromatic amines is 1. The zero-order chi connectivity index (χ0) is 12.3. The number of rotatable bonds is 4. The van der Waals surface area contributed by atoms with Gasteiger partial charge in [-0.2, -0.15) is 0 Å². The molecule has 0 saturated carbocycles. The first kappa shape index (κ1) is 11.9. The smallest absolute Gasteiger partial charge is 0.182 e. The van der Waals surface area contributed by atoms with Crippen molar-refractivity contribution in [3.63, 3.8) is 0 Å². The number of hydrogen-bond acceptors (Lipinski definition) is 2. The molecule has 0 spiro atoms. The zero-order valence-corrected chi connectivity index (χ0v) is 10.9. The molecule has 1 aromatic carbocycles. The van der Waals surface area contributed by atoms with Gasteiger partial charge in [-0.25, -0.2) is 0 Å². The Morgan fingerprint density at radius 1 is 1.29 bits per heavy atom. The molecule has 90 valence electrons. The standard InChI is InChI=1S/C13H16N2OS/c1-3-8-16-12-6-4-11(5-7-12)15-10(2)9-14-13(15)17/h4-7,9H,3,8H2,1-2H3,(H,14,17). The van der Waals surface area contributed by atoms with E-state index < -0.39 is 0 Å². The summed E-state index contributed by atoms with van der Waals surface area (Å²) in [6.07, 6.45) is 2.92. The van der Waals surface area contributed by atoms with E-state index in [2.05, 4.69) is 11.9 Å². The molecule has 1 heterocycles. The van der Waals surface area contributed by atoms with E-state index in [0.717, 1.165) is 30.2 Å². The van der Waals surface area contributed by atoms with Gasteiger partial charge in [0.1, 0.15) is 5.75 Å². The van der Waals surface area contributed by atoms with Crippen molar-refractivity contribution < 1.29 is 4.74 Å². The first-order chi connectivity index (χ1) is 8.22. The second kappa shape index (κ2) is 5.19. The van der Waals surface area contributed by atoms with Gasteiger partial charge in [-0.15, -0.1) is 0 Å². The molecule has 2 rings (SSSR count). The topological polar surface area (TPSA) is 29.9 Å². The minimum Gasteiger partial charge on any atom is -0.494 e. The molecule has 0 unspecified atom stereocenters. The minimum absolute atomic E-state index is 0.713. The van der Waals surface area contributed by atoms with Gasteiger partial charge in [-0.05, 0) is 49.8 Å². The molecule has 0 bridgehead atoms. The number of aryl methyl sites for hydroxylation is 1. The molecule has 0 fully saturated rings. The third-order valence-electron chi connectivity index (χ3n) is 2.53. The first-order valence-electron chi connectivity index (χ1n) is 5.72. The highest BCUT2D eigenvalue weighted by molar-refractivity contribution is 7.71. The summed E-state index contributed by atoms with van der Waals surface area (Å²) in [5, 5.41) is 0. The maximum atomic E-state index is 5.54. The van der Waals surface area contributed by atoms with Crippen LogP contribution in [0, 0.1) is 11.7 Å². The van der Waals surface area contributed by atoms with Crippen molar-refractivity contribution >= 4 is 12.2 Å². The van der Waals surface area contributed by atoms with Crippen LogP contribution in [0.25, 0.3) is 5.69 Å². The minimum atomic E-state index is 0.713. The van der Waals surface area contributed by atoms with Gasteiger partial charge in [0, 0.05) is 17.6 Å². The van der Waals surface area contributed by atoms with Gasteiger partial charge >= 0.3 is 0 Å². The van der Waals surface area contributed by atoms with Crippen molar-refractivity contribution in [2.75, 3.05) is 6.61 Å². The molecule has 2 aromatic rings. The summed E-state index contributed by atoms with van der Waals surface area (Å²) in [4.78, 5) is 3.03. The highest BCUT2D eigenvalue weighted by atomic mass is 32.1. The number of H-pyrrole nitrogens is 1. The lowest BCUT2D eigenvalue weighted by Crippen LogP contribution is -1.98. The Bertz CT molecular complexity index is 539. The van der Waals surface area contributed by atoms with Gasteiger partial charge in [-0.1, -0.05) is 6.92 Å². The summed E-state index contributed by atoms with van der Waals surface area (Å²) in [5.41, 5.74) is 2.15. The van der Waals surface area contributed by atoms with Crippen LogP contribution in [0.5, 0.6) is 5.75 Å². The van der Waals surface area contributed by atoms with Crippen LogP contribution < -0.4 is 4.74 Å². The van der Waals surface area contributed by atoms with Crippen LogP contribution in [0.2, 0.25) is 0 Å². The maximum absolute atomic E-state index is 5.54. The molecule has 0 aliphatic heterocycles. The quantitative estimate of drug-likeness (QED) is 0.837. The van der Waals surface area contributed by atoms with E-state index in [1.165, 1.54) is 0 Å². The predicted molar refractivity (Wildman–Crippen MR) is 71.5 cm³/mol. The number of ether oxygens (including phenoxy) is 1. The van der Waals surface area contributed by atoms with Gasteiger partial charge in [0.05, 0.1) is 6.61 Å². The highest BCUT2D eigenvalue weighted by Crippen LogP contribution is 2.17. The largest absolute Gasteiger partial charge is 0.494 e. The number of hydrogen-bond donors (Lipinski definition) is 1. The number of imidazole rings is 1. The maximum Gasteiger partial charge on any atom is 0.182 e. The van der Waals surface area contributed by atoms with Crippen molar-refractivity contribution in [3.8, 4) is 11.4 Å². The van der Waals surface area contributed by atoms with Crippen LogP contribution >= 0.6 is 12.2 Å². The Kier molecular flexibility index (Phi) is 3.64. The molecule has 4 heteroatoms. The first-order valence-corrected chi connectivity index (χ1v) is 6.13. The molecular formula is C13H16N2OS. The van der Waals surface area contributed by atoms with E-state index in [1.54, 1.807) is 0 Å². The number of nitrogens with one attached hydrogen (secondary N) is 1. The zero-order valence-electron chi connectivity index (χ0n) is 10.1. The second-order valence-electron chi connectivity index (χ2n) is 3.91. The molecule has 0 amide bonds. The van der Waals surface area contributed by atoms with E-state index in [-0.39, 0.29) is 0 Å². The van der Waals surface area contributed by atoms with Gasteiger partial charge in [0.15, 0.2) is 4.77 Å². The molecule has 0 aliphatic carbocycles. The average molecular weight is 248 g/mol. The van der Waals surface area contributed by atoms with Gasteiger partial charge in [0.2, 0.25) is 0 Å². The molecule has 0 radical (unpaired) electrons. The summed E-state index contributed by atoms with van der Waals surface area (Å²) in [7, 11) is 0. The fourth-order valence-electron chi connectivity index (χ4n) is 1.69. The van der Waals surface area contributed by atoms with Gasteiger partial charge in [0.25, 0.3) is 0 Å². The van der Waals surface area contributed by atoms with Crippen LogP contribution in [0.4, 0.5) is 0 Å². The lowest BCUT2D eigenvalue weighted by Gasteiger charge is -2.08. The summed E-state index contributed by atoms with van der Waals surface area (Å²) >= 11 is 5.23. The number of nitrogens with zero attached hydrogens (tertiary/aromatic N) is 1. The average Bonchev–Trinajstić information content (AvgIpc) is 2.67. The SMILES string of the molecule is CCCOc1ccc(-n2c(C)c[nH]c2=S)cc1.